The predicted molar refractivity (Wildman–Crippen MR) is 141 cm³/mol. The van der Waals surface area contributed by atoms with E-state index in [1.807, 2.05) is 66.7 Å². The van der Waals surface area contributed by atoms with Gasteiger partial charge in [0.1, 0.15) is 0 Å². The lowest BCUT2D eigenvalue weighted by molar-refractivity contribution is 0.102. The Morgan fingerprint density at radius 3 is 1.94 bits per heavy atom. The molecule has 0 aromatic heterocycles. The van der Waals surface area contributed by atoms with Crippen molar-refractivity contribution < 1.29 is 4.79 Å². The molecule has 0 aliphatic rings. The Morgan fingerprint density at radius 1 is 0.559 bits per heavy atom. The van der Waals surface area contributed by atoms with Crippen LogP contribution in [0.25, 0.3) is 21.9 Å². The molecule has 0 bridgehead atoms. The van der Waals surface area contributed by atoms with Gasteiger partial charge in [-0.2, -0.15) is 0 Å². The maximum Gasteiger partial charge on any atom is 0.255 e. The van der Waals surface area contributed by atoms with Crippen LogP contribution in [0.15, 0.2) is 121 Å². The Hall–Kier alpha value is -4.21. The van der Waals surface area contributed by atoms with E-state index in [0.29, 0.717) is 5.56 Å². The summed E-state index contributed by atoms with van der Waals surface area (Å²) in [5.74, 6) is -0.109. The molecular weight excluding hydrogens is 416 g/mol. The van der Waals surface area contributed by atoms with Gasteiger partial charge in [0, 0.05) is 24.3 Å². The maximum atomic E-state index is 12.6. The van der Waals surface area contributed by atoms with E-state index in [9.17, 15) is 4.79 Å². The Bertz CT molecular complexity index is 1390. The van der Waals surface area contributed by atoms with Crippen molar-refractivity contribution in [3.05, 3.63) is 138 Å². The molecule has 0 fully saturated rings. The molecule has 0 atom stereocenters. The van der Waals surface area contributed by atoms with Crippen LogP contribution in [0.1, 0.15) is 21.5 Å². The third-order valence-corrected chi connectivity index (χ3v) is 5.94. The van der Waals surface area contributed by atoms with E-state index in [1.54, 1.807) is 0 Å². The van der Waals surface area contributed by atoms with E-state index >= 15 is 0 Å². The van der Waals surface area contributed by atoms with Gasteiger partial charge in [-0.15, -0.1) is 0 Å². The number of carbonyl (C=O) groups is 1. The van der Waals surface area contributed by atoms with Gasteiger partial charge in [-0.1, -0.05) is 91.0 Å². The van der Waals surface area contributed by atoms with Crippen LogP contribution in [0, 0.1) is 0 Å². The monoisotopic (exact) mass is 442 g/mol. The first kappa shape index (κ1) is 21.6. The lowest BCUT2D eigenvalue weighted by Crippen LogP contribution is -2.13. The van der Waals surface area contributed by atoms with Gasteiger partial charge < -0.3 is 10.6 Å². The fraction of sp³-hybridized carbons (Fsp3) is 0.0645. The quantitative estimate of drug-likeness (QED) is 0.284. The van der Waals surface area contributed by atoms with Gasteiger partial charge in [-0.05, 0) is 63.4 Å². The van der Waals surface area contributed by atoms with E-state index in [-0.39, 0.29) is 5.91 Å². The molecule has 0 heterocycles. The van der Waals surface area contributed by atoms with Gasteiger partial charge in [0.15, 0.2) is 0 Å². The topological polar surface area (TPSA) is 41.1 Å². The molecule has 0 saturated carbocycles. The summed E-state index contributed by atoms with van der Waals surface area (Å²) < 4.78 is 0. The lowest BCUT2D eigenvalue weighted by Gasteiger charge is -2.09. The number of hydrogen-bond acceptors (Lipinski definition) is 2. The lowest BCUT2D eigenvalue weighted by atomic mass is 10.0. The Balaban J connectivity index is 1.14. The highest BCUT2D eigenvalue weighted by molar-refractivity contribution is 6.04. The van der Waals surface area contributed by atoms with E-state index in [2.05, 4.69) is 65.2 Å². The normalized spacial score (nSPS) is 10.8. The van der Waals surface area contributed by atoms with Gasteiger partial charge >= 0.3 is 0 Å². The fourth-order valence-corrected chi connectivity index (χ4v) is 4.05. The average Bonchev–Trinajstić information content (AvgIpc) is 2.90. The van der Waals surface area contributed by atoms with Crippen LogP contribution in [0.3, 0.4) is 0 Å². The first-order valence-electron chi connectivity index (χ1n) is 11.5. The molecule has 0 radical (unpaired) electrons. The molecule has 0 aliphatic carbocycles. The average molecular weight is 443 g/mol. The Kier molecular flexibility index (Phi) is 6.46. The molecule has 3 nitrogen and oxygen atoms in total. The highest BCUT2D eigenvalue weighted by Gasteiger charge is 2.07. The molecule has 34 heavy (non-hydrogen) atoms. The molecule has 166 valence electrons. The molecule has 5 rings (SSSR count). The predicted octanol–water partition coefficient (Wildman–Crippen LogP) is 7.05. The first-order valence-corrected chi connectivity index (χ1v) is 11.5. The maximum absolute atomic E-state index is 12.6. The molecule has 3 heteroatoms. The van der Waals surface area contributed by atoms with Crippen molar-refractivity contribution >= 4 is 22.4 Å². The van der Waals surface area contributed by atoms with Gasteiger partial charge in [0.05, 0.1) is 0 Å². The molecule has 0 unspecified atom stereocenters. The van der Waals surface area contributed by atoms with Crippen molar-refractivity contribution in [2.24, 2.45) is 0 Å². The van der Waals surface area contributed by atoms with E-state index in [0.717, 1.165) is 29.9 Å². The molecule has 0 aliphatic heterocycles. The third-order valence-electron chi connectivity index (χ3n) is 5.94. The van der Waals surface area contributed by atoms with Crippen LogP contribution in [0.4, 0.5) is 5.69 Å². The van der Waals surface area contributed by atoms with E-state index in [4.69, 9.17) is 0 Å². The Labute approximate surface area is 200 Å². The van der Waals surface area contributed by atoms with E-state index < -0.39 is 0 Å². The Morgan fingerprint density at radius 2 is 1.18 bits per heavy atom. The van der Waals surface area contributed by atoms with Crippen molar-refractivity contribution in [1.29, 1.82) is 0 Å². The molecule has 0 spiro atoms. The number of nitrogens with one attached hydrogen (secondary N) is 2. The summed E-state index contributed by atoms with van der Waals surface area (Å²) in [6.45, 7) is 1.57. The van der Waals surface area contributed by atoms with Crippen molar-refractivity contribution in [3.63, 3.8) is 0 Å². The van der Waals surface area contributed by atoms with Crippen LogP contribution < -0.4 is 10.6 Å². The van der Waals surface area contributed by atoms with Crippen LogP contribution in [-0.2, 0) is 13.1 Å². The highest BCUT2D eigenvalue weighted by Crippen LogP contribution is 2.20. The minimum absolute atomic E-state index is 0.109. The second-order valence-electron chi connectivity index (χ2n) is 8.38. The van der Waals surface area contributed by atoms with Crippen LogP contribution >= 0.6 is 0 Å². The van der Waals surface area contributed by atoms with Gasteiger partial charge in [-0.3, -0.25) is 4.79 Å². The molecule has 5 aromatic carbocycles. The zero-order valence-corrected chi connectivity index (χ0v) is 18.9. The molecule has 1 amide bonds. The number of anilines is 1. The molecular formula is C31H26N2O. The van der Waals surface area contributed by atoms with Crippen molar-refractivity contribution in [1.82, 2.24) is 5.32 Å². The van der Waals surface area contributed by atoms with E-state index in [1.165, 1.54) is 21.9 Å². The number of carbonyl (C=O) groups excluding carboxylic acids is 1. The second kappa shape index (κ2) is 10.2. The smallest absolute Gasteiger partial charge is 0.255 e. The largest absolute Gasteiger partial charge is 0.322 e. The van der Waals surface area contributed by atoms with Gasteiger partial charge in [-0.25, -0.2) is 0 Å². The van der Waals surface area contributed by atoms with Crippen LogP contribution in [0.2, 0.25) is 0 Å². The summed E-state index contributed by atoms with van der Waals surface area (Å²) in [7, 11) is 0. The third kappa shape index (κ3) is 5.22. The van der Waals surface area contributed by atoms with Crippen molar-refractivity contribution in [2.45, 2.75) is 13.1 Å². The van der Waals surface area contributed by atoms with Gasteiger partial charge in [0.25, 0.3) is 5.91 Å². The minimum Gasteiger partial charge on any atom is -0.322 e. The second-order valence-corrected chi connectivity index (χ2v) is 8.38. The minimum atomic E-state index is -0.109. The zero-order chi connectivity index (χ0) is 23.2. The summed E-state index contributed by atoms with van der Waals surface area (Å²) in [6.07, 6.45) is 0. The van der Waals surface area contributed by atoms with Crippen LogP contribution in [-0.4, -0.2) is 5.91 Å². The fourth-order valence-electron chi connectivity index (χ4n) is 4.05. The SMILES string of the molecule is O=C(Nc1ccc(CNCc2ccc3ccccc3c2)cc1)c1ccc(-c2ccccc2)cc1. The van der Waals surface area contributed by atoms with Gasteiger partial charge in [0.2, 0.25) is 0 Å². The number of hydrogen-bond donors (Lipinski definition) is 2. The summed E-state index contributed by atoms with van der Waals surface area (Å²) in [6, 6.07) is 40.8. The standard InChI is InChI=1S/C31H26N2O/c34-31(28-16-14-27(15-17-28)25-6-2-1-3-7-25)33-30-18-11-23(12-19-30)21-32-22-24-10-13-26-8-4-5-9-29(26)20-24/h1-20,32H,21-22H2,(H,33,34). The first-order chi connectivity index (χ1) is 16.7. The number of amides is 1. The summed E-state index contributed by atoms with van der Waals surface area (Å²) >= 11 is 0. The number of fused-ring (bicyclic) bond motifs is 1. The molecule has 5 aromatic rings. The number of benzene rings is 5. The summed E-state index contributed by atoms with van der Waals surface area (Å²) in [5.41, 5.74) is 6.10. The zero-order valence-electron chi connectivity index (χ0n) is 18.9. The number of rotatable bonds is 7. The van der Waals surface area contributed by atoms with Crippen molar-refractivity contribution in [2.75, 3.05) is 5.32 Å². The molecule has 2 N–H and O–H groups in total. The van der Waals surface area contributed by atoms with Crippen LogP contribution in [0.5, 0.6) is 0 Å². The highest BCUT2D eigenvalue weighted by atomic mass is 16.1. The summed E-state index contributed by atoms with van der Waals surface area (Å²) in [5, 5.41) is 9.01. The van der Waals surface area contributed by atoms with Crippen molar-refractivity contribution in [3.8, 4) is 11.1 Å². The summed E-state index contributed by atoms with van der Waals surface area (Å²) in [4.78, 5) is 12.6. The molecule has 0 saturated heterocycles.